The molecule has 0 radical (unpaired) electrons. The molecule has 6 atom stereocenters. The molecule has 2 rings (SSSR count). The molecule has 0 heteroatoms. The van der Waals surface area contributed by atoms with Gasteiger partial charge in [0.25, 0.3) is 0 Å². The smallest absolute Gasteiger partial charge is 0.0203 e. The van der Waals surface area contributed by atoms with E-state index in [9.17, 15) is 0 Å². The monoisotopic (exact) mass is 360 g/mol. The average molecular weight is 361 g/mol. The molecular weight excluding hydrogens is 312 g/mol. The third kappa shape index (κ3) is 4.41. The fourth-order valence-corrected chi connectivity index (χ4v) is 7.24. The second-order valence-corrected chi connectivity index (χ2v) is 10.9. The molecule has 152 valence electrons. The molecule has 2 aliphatic carbocycles. The Balaban J connectivity index is 2.48. The van der Waals surface area contributed by atoms with Crippen LogP contribution >= 0.6 is 0 Å². The van der Waals surface area contributed by atoms with E-state index in [1.54, 1.807) is 0 Å². The zero-order valence-electron chi connectivity index (χ0n) is 19.1. The van der Waals surface area contributed by atoms with Crippen LogP contribution in [0.2, 0.25) is 0 Å². The van der Waals surface area contributed by atoms with E-state index in [0.717, 1.165) is 47.3 Å². The Morgan fingerprint density at radius 1 is 0.846 bits per heavy atom. The van der Waals surface area contributed by atoms with Crippen LogP contribution in [0.15, 0.2) is 12.7 Å². The molecule has 6 unspecified atom stereocenters. The van der Waals surface area contributed by atoms with E-state index in [1.807, 2.05) is 0 Å². The Morgan fingerprint density at radius 3 is 1.58 bits per heavy atom. The van der Waals surface area contributed by atoms with Crippen LogP contribution in [0.25, 0.3) is 0 Å². The fourth-order valence-electron chi connectivity index (χ4n) is 7.24. The van der Waals surface area contributed by atoms with Gasteiger partial charge in [0.05, 0.1) is 0 Å². The SMILES string of the molecule is C=CCC(CC)(C1CC(C)CCC1C(C)C)C1CC(C)CCC1C(C)C. The van der Waals surface area contributed by atoms with Crippen molar-refractivity contribution in [2.24, 2.45) is 52.8 Å². The zero-order valence-corrected chi connectivity index (χ0v) is 19.1. The van der Waals surface area contributed by atoms with Gasteiger partial charge < -0.3 is 0 Å². The zero-order chi connectivity index (χ0) is 19.5. The van der Waals surface area contributed by atoms with E-state index in [0.29, 0.717) is 5.41 Å². The minimum absolute atomic E-state index is 0.481. The highest BCUT2D eigenvalue weighted by Gasteiger charge is 2.51. The van der Waals surface area contributed by atoms with Gasteiger partial charge in [-0.2, -0.15) is 0 Å². The average Bonchev–Trinajstić information content (AvgIpc) is 2.59. The molecule has 0 aromatic carbocycles. The topological polar surface area (TPSA) is 0 Å². The summed E-state index contributed by atoms with van der Waals surface area (Å²) in [6.07, 6.45) is 13.6. The third-order valence-electron chi connectivity index (χ3n) is 8.70. The number of allylic oxidation sites excluding steroid dienone is 1. The minimum Gasteiger partial charge on any atom is -0.103 e. The lowest BCUT2D eigenvalue weighted by Crippen LogP contribution is -2.49. The van der Waals surface area contributed by atoms with Crippen LogP contribution in [0.4, 0.5) is 0 Å². The summed E-state index contributed by atoms with van der Waals surface area (Å²) in [6, 6.07) is 0. The predicted octanol–water partition coefficient (Wildman–Crippen LogP) is 8.38. The summed E-state index contributed by atoms with van der Waals surface area (Å²) >= 11 is 0. The minimum atomic E-state index is 0.481. The molecule has 0 nitrogen and oxygen atoms in total. The van der Waals surface area contributed by atoms with Gasteiger partial charge in [0, 0.05) is 0 Å². The van der Waals surface area contributed by atoms with Crippen molar-refractivity contribution < 1.29 is 0 Å². The van der Waals surface area contributed by atoms with Crippen LogP contribution < -0.4 is 0 Å². The molecule has 2 fully saturated rings. The molecule has 0 aliphatic heterocycles. The first-order valence-corrected chi connectivity index (χ1v) is 11.9. The molecule has 2 saturated carbocycles. The number of rotatable bonds is 7. The standard InChI is InChI=1S/C26H48/c1-9-15-26(10-2,24-16-20(7)11-13-22(24)18(3)4)25-17-21(8)12-14-23(25)19(5)6/h9,18-25H,1,10-17H2,2-8H3. The maximum atomic E-state index is 4.26. The first kappa shape index (κ1) is 22.0. The Morgan fingerprint density at radius 2 is 1.27 bits per heavy atom. The summed E-state index contributed by atoms with van der Waals surface area (Å²) in [4.78, 5) is 0. The van der Waals surface area contributed by atoms with Gasteiger partial charge in [-0.05, 0) is 91.3 Å². The summed E-state index contributed by atoms with van der Waals surface area (Å²) in [5.74, 6) is 7.07. The van der Waals surface area contributed by atoms with E-state index in [2.05, 4.69) is 61.1 Å². The summed E-state index contributed by atoms with van der Waals surface area (Å²) in [5, 5.41) is 0. The van der Waals surface area contributed by atoms with Crippen LogP contribution in [0.5, 0.6) is 0 Å². The van der Waals surface area contributed by atoms with Crippen molar-refractivity contribution in [3.8, 4) is 0 Å². The van der Waals surface area contributed by atoms with Gasteiger partial charge in [0.2, 0.25) is 0 Å². The van der Waals surface area contributed by atoms with Crippen LogP contribution in [0.1, 0.15) is 99.8 Å². The predicted molar refractivity (Wildman–Crippen MR) is 117 cm³/mol. The molecule has 2 aliphatic rings. The maximum Gasteiger partial charge on any atom is -0.0203 e. The van der Waals surface area contributed by atoms with Crippen LogP contribution in [0.3, 0.4) is 0 Å². The van der Waals surface area contributed by atoms with Gasteiger partial charge in [-0.15, -0.1) is 6.58 Å². The Hall–Kier alpha value is -0.260. The second kappa shape index (κ2) is 9.29. The summed E-state index contributed by atoms with van der Waals surface area (Å²) in [5.41, 5.74) is 0.481. The molecule has 0 amide bonds. The third-order valence-corrected chi connectivity index (χ3v) is 8.70. The number of hydrogen-bond donors (Lipinski definition) is 0. The molecule has 26 heavy (non-hydrogen) atoms. The van der Waals surface area contributed by atoms with Crippen molar-refractivity contribution >= 4 is 0 Å². The van der Waals surface area contributed by atoms with Gasteiger partial charge >= 0.3 is 0 Å². The molecule has 0 aromatic heterocycles. The molecule has 0 bridgehead atoms. The van der Waals surface area contributed by atoms with Crippen LogP contribution in [0, 0.1) is 52.8 Å². The maximum absolute atomic E-state index is 4.26. The lowest BCUT2D eigenvalue weighted by molar-refractivity contribution is -0.0743. The van der Waals surface area contributed by atoms with Crippen molar-refractivity contribution in [3.63, 3.8) is 0 Å². The van der Waals surface area contributed by atoms with Gasteiger partial charge in [0.1, 0.15) is 0 Å². The van der Waals surface area contributed by atoms with Gasteiger partial charge in [-0.25, -0.2) is 0 Å². The summed E-state index contributed by atoms with van der Waals surface area (Å²) in [7, 11) is 0. The first-order chi connectivity index (χ1) is 12.3. The summed E-state index contributed by atoms with van der Waals surface area (Å²) < 4.78 is 0. The summed E-state index contributed by atoms with van der Waals surface area (Å²) in [6.45, 7) is 21.8. The van der Waals surface area contributed by atoms with Gasteiger partial charge in [0.15, 0.2) is 0 Å². The highest BCUT2D eigenvalue weighted by atomic mass is 14.6. The highest BCUT2D eigenvalue weighted by molar-refractivity contribution is 5.03. The molecular formula is C26H48. The largest absolute Gasteiger partial charge is 0.103 e. The molecule has 0 N–H and O–H groups in total. The molecule has 0 heterocycles. The Kier molecular flexibility index (Phi) is 7.87. The lowest BCUT2D eigenvalue weighted by atomic mass is 9.48. The molecule has 0 spiro atoms. The van der Waals surface area contributed by atoms with E-state index in [1.165, 1.54) is 51.4 Å². The highest BCUT2D eigenvalue weighted by Crippen LogP contribution is 2.59. The van der Waals surface area contributed by atoms with E-state index in [4.69, 9.17) is 0 Å². The fraction of sp³-hybridized carbons (Fsp3) is 0.923. The van der Waals surface area contributed by atoms with Gasteiger partial charge in [-0.3, -0.25) is 0 Å². The number of hydrogen-bond acceptors (Lipinski definition) is 0. The normalized spacial score (nSPS) is 38.3. The van der Waals surface area contributed by atoms with Gasteiger partial charge in [-0.1, -0.05) is 67.4 Å². The van der Waals surface area contributed by atoms with Crippen LogP contribution in [-0.4, -0.2) is 0 Å². The van der Waals surface area contributed by atoms with Crippen molar-refractivity contribution in [2.45, 2.75) is 99.8 Å². The molecule has 0 aromatic rings. The molecule has 0 saturated heterocycles. The van der Waals surface area contributed by atoms with E-state index in [-0.39, 0.29) is 0 Å². The quantitative estimate of drug-likeness (QED) is 0.400. The Labute approximate surface area is 165 Å². The van der Waals surface area contributed by atoms with Crippen molar-refractivity contribution in [1.29, 1.82) is 0 Å². The van der Waals surface area contributed by atoms with E-state index < -0.39 is 0 Å². The second-order valence-electron chi connectivity index (χ2n) is 10.9. The Bertz CT molecular complexity index is 399. The van der Waals surface area contributed by atoms with Crippen molar-refractivity contribution in [3.05, 3.63) is 12.7 Å². The van der Waals surface area contributed by atoms with Crippen molar-refractivity contribution in [2.75, 3.05) is 0 Å². The lowest BCUT2D eigenvalue weighted by Gasteiger charge is -2.57. The first-order valence-electron chi connectivity index (χ1n) is 11.9. The van der Waals surface area contributed by atoms with E-state index >= 15 is 0 Å². The van der Waals surface area contributed by atoms with Crippen LogP contribution in [-0.2, 0) is 0 Å². The van der Waals surface area contributed by atoms with Crippen molar-refractivity contribution in [1.82, 2.24) is 0 Å².